The maximum Gasteiger partial charge on any atom is 0.192 e. The van der Waals surface area contributed by atoms with E-state index in [0.29, 0.717) is 0 Å². The quantitative estimate of drug-likeness (QED) is 0.434. The third-order valence-corrected chi connectivity index (χ3v) is 10.1. The standard InChI is InChI=1S/C20H28OSSi/c1-20(2,3)23(4,5)21-19(17-12-8-6-9-13-17)16-22-18-14-10-7-11-15-18/h6-15,19H,16H2,1-5H3/t19-/m1/s1. The van der Waals surface area contributed by atoms with Gasteiger partial charge in [0.25, 0.3) is 0 Å². The average molecular weight is 345 g/mol. The molecule has 1 nitrogen and oxygen atoms in total. The molecule has 0 saturated carbocycles. The van der Waals surface area contributed by atoms with Crippen LogP contribution in [0.4, 0.5) is 0 Å². The summed E-state index contributed by atoms with van der Waals surface area (Å²) in [4.78, 5) is 1.30. The summed E-state index contributed by atoms with van der Waals surface area (Å²) in [6.45, 7) is 11.6. The van der Waals surface area contributed by atoms with Crippen molar-refractivity contribution in [1.29, 1.82) is 0 Å². The molecule has 0 spiro atoms. The van der Waals surface area contributed by atoms with Gasteiger partial charge in [-0.2, -0.15) is 0 Å². The van der Waals surface area contributed by atoms with Crippen LogP contribution in [0.1, 0.15) is 32.4 Å². The van der Waals surface area contributed by atoms with Crippen molar-refractivity contribution in [3.63, 3.8) is 0 Å². The van der Waals surface area contributed by atoms with Crippen LogP contribution in [0.25, 0.3) is 0 Å². The number of thioether (sulfide) groups is 1. The Hall–Kier alpha value is -1.03. The Kier molecular flexibility index (Phi) is 6.12. The smallest absolute Gasteiger partial charge is 0.192 e. The zero-order valence-corrected chi connectivity index (χ0v) is 16.7. The first-order chi connectivity index (χ1) is 10.8. The lowest BCUT2D eigenvalue weighted by atomic mass is 10.1. The predicted molar refractivity (Wildman–Crippen MR) is 105 cm³/mol. The van der Waals surface area contributed by atoms with Gasteiger partial charge in [0.2, 0.25) is 0 Å². The Morgan fingerprint density at radius 2 is 1.43 bits per heavy atom. The van der Waals surface area contributed by atoms with Crippen LogP contribution in [0.5, 0.6) is 0 Å². The highest BCUT2D eigenvalue weighted by atomic mass is 32.2. The molecule has 0 N–H and O–H groups in total. The second-order valence-electron chi connectivity index (χ2n) is 7.40. The molecule has 0 heterocycles. The fraction of sp³-hybridized carbons (Fsp3) is 0.400. The highest BCUT2D eigenvalue weighted by molar-refractivity contribution is 7.99. The molecule has 2 aromatic carbocycles. The third kappa shape index (κ3) is 5.23. The largest absolute Gasteiger partial charge is 0.409 e. The number of benzene rings is 2. The number of hydrogen-bond donors (Lipinski definition) is 0. The Bertz CT molecular complexity index is 590. The molecule has 0 bridgehead atoms. The minimum absolute atomic E-state index is 0.141. The fourth-order valence-corrected chi connectivity index (χ4v) is 4.45. The molecule has 3 heteroatoms. The Balaban J connectivity index is 2.16. The van der Waals surface area contributed by atoms with E-state index in [0.717, 1.165) is 5.75 Å². The molecule has 0 amide bonds. The van der Waals surface area contributed by atoms with Crippen molar-refractivity contribution in [1.82, 2.24) is 0 Å². The number of rotatable bonds is 6. The van der Waals surface area contributed by atoms with Crippen molar-refractivity contribution in [3.05, 3.63) is 66.2 Å². The maximum atomic E-state index is 6.73. The summed E-state index contributed by atoms with van der Waals surface area (Å²) in [5.41, 5.74) is 1.28. The van der Waals surface area contributed by atoms with Gasteiger partial charge in [0, 0.05) is 10.6 Å². The number of hydrogen-bond acceptors (Lipinski definition) is 2. The molecule has 0 fully saturated rings. The predicted octanol–water partition coefficient (Wildman–Crippen LogP) is 6.54. The summed E-state index contributed by atoms with van der Waals surface area (Å²) in [6.07, 6.45) is 0.141. The van der Waals surface area contributed by atoms with E-state index in [-0.39, 0.29) is 11.1 Å². The summed E-state index contributed by atoms with van der Waals surface area (Å²) in [5.74, 6) is 0.945. The van der Waals surface area contributed by atoms with Crippen LogP contribution in [0.2, 0.25) is 18.1 Å². The van der Waals surface area contributed by atoms with Crippen LogP contribution in [0, 0.1) is 0 Å². The van der Waals surface area contributed by atoms with E-state index in [2.05, 4.69) is 94.5 Å². The van der Waals surface area contributed by atoms with Crippen LogP contribution in [-0.2, 0) is 4.43 Å². The lowest BCUT2D eigenvalue weighted by molar-refractivity contribution is 0.207. The van der Waals surface area contributed by atoms with Gasteiger partial charge in [0.15, 0.2) is 8.32 Å². The van der Waals surface area contributed by atoms with Gasteiger partial charge in [-0.15, -0.1) is 11.8 Å². The molecule has 0 saturated heterocycles. The molecule has 23 heavy (non-hydrogen) atoms. The lowest BCUT2D eigenvalue weighted by Gasteiger charge is -2.39. The normalized spacial score (nSPS) is 13.8. The Labute approximate surface area is 146 Å². The first-order valence-electron chi connectivity index (χ1n) is 8.20. The van der Waals surface area contributed by atoms with Crippen molar-refractivity contribution >= 4 is 20.1 Å². The zero-order valence-electron chi connectivity index (χ0n) is 14.9. The first kappa shape index (κ1) is 18.3. The van der Waals surface area contributed by atoms with Crippen LogP contribution >= 0.6 is 11.8 Å². The monoisotopic (exact) mass is 344 g/mol. The summed E-state index contributed by atoms with van der Waals surface area (Å²) < 4.78 is 6.73. The van der Waals surface area contributed by atoms with E-state index in [1.165, 1.54) is 10.5 Å². The van der Waals surface area contributed by atoms with Gasteiger partial charge in [0.1, 0.15) is 0 Å². The highest BCUT2D eigenvalue weighted by Crippen LogP contribution is 2.40. The lowest BCUT2D eigenvalue weighted by Crippen LogP contribution is -2.42. The summed E-state index contributed by atoms with van der Waals surface area (Å²) >= 11 is 1.87. The molecule has 0 aliphatic carbocycles. The SMILES string of the molecule is CC(C)(C)[Si](C)(C)O[C@H](CSc1ccccc1)c1ccccc1. The second-order valence-corrected chi connectivity index (χ2v) is 13.3. The van der Waals surface area contributed by atoms with Crippen LogP contribution in [0.15, 0.2) is 65.6 Å². The first-order valence-corrected chi connectivity index (χ1v) is 12.1. The van der Waals surface area contributed by atoms with Crippen molar-refractivity contribution in [2.75, 3.05) is 5.75 Å². The van der Waals surface area contributed by atoms with Crippen molar-refractivity contribution in [2.24, 2.45) is 0 Å². The van der Waals surface area contributed by atoms with Gasteiger partial charge >= 0.3 is 0 Å². The van der Waals surface area contributed by atoms with Gasteiger partial charge in [0.05, 0.1) is 6.10 Å². The van der Waals surface area contributed by atoms with Crippen molar-refractivity contribution in [2.45, 2.75) is 49.9 Å². The molecular weight excluding hydrogens is 316 g/mol. The average Bonchev–Trinajstić information content (AvgIpc) is 2.52. The molecule has 0 aromatic heterocycles. The molecule has 124 valence electrons. The Morgan fingerprint density at radius 3 is 1.96 bits per heavy atom. The van der Waals surface area contributed by atoms with Gasteiger partial charge in [-0.1, -0.05) is 69.3 Å². The third-order valence-electron chi connectivity index (χ3n) is 4.56. The van der Waals surface area contributed by atoms with E-state index in [1.54, 1.807) is 0 Å². The van der Waals surface area contributed by atoms with E-state index < -0.39 is 8.32 Å². The van der Waals surface area contributed by atoms with E-state index in [4.69, 9.17) is 4.43 Å². The fourth-order valence-electron chi connectivity index (χ4n) is 2.09. The van der Waals surface area contributed by atoms with Gasteiger partial charge in [-0.05, 0) is 35.8 Å². The van der Waals surface area contributed by atoms with Crippen LogP contribution in [-0.4, -0.2) is 14.1 Å². The van der Waals surface area contributed by atoms with E-state index >= 15 is 0 Å². The molecule has 0 aliphatic rings. The minimum Gasteiger partial charge on any atom is -0.409 e. The molecule has 2 rings (SSSR count). The van der Waals surface area contributed by atoms with Crippen LogP contribution < -0.4 is 0 Å². The minimum atomic E-state index is -1.80. The summed E-state index contributed by atoms with van der Waals surface area (Å²) in [6, 6.07) is 21.2. The molecular formula is C20H28OSSi. The second kappa shape index (κ2) is 7.69. The highest BCUT2D eigenvalue weighted by Gasteiger charge is 2.39. The molecule has 0 aliphatic heterocycles. The summed E-state index contributed by atoms with van der Waals surface area (Å²) in [7, 11) is -1.80. The van der Waals surface area contributed by atoms with Gasteiger partial charge < -0.3 is 4.43 Å². The Morgan fingerprint density at radius 1 is 0.913 bits per heavy atom. The summed E-state index contributed by atoms with van der Waals surface area (Å²) in [5, 5.41) is 0.220. The van der Waals surface area contributed by atoms with Crippen molar-refractivity contribution in [3.8, 4) is 0 Å². The molecule has 0 unspecified atom stereocenters. The molecule has 2 aromatic rings. The maximum absolute atomic E-state index is 6.73. The van der Waals surface area contributed by atoms with Crippen molar-refractivity contribution < 1.29 is 4.43 Å². The van der Waals surface area contributed by atoms with Crippen LogP contribution in [0.3, 0.4) is 0 Å². The van der Waals surface area contributed by atoms with E-state index in [9.17, 15) is 0 Å². The van der Waals surface area contributed by atoms with Gasteiger partial charge in [-0.25, -0.2) is 0 Å². The van der Waals surface area contributed by atoms with Gasteiger partial charge in [-0.3, -0.25) is 0 Å². The molecule has 0 radical (unpaired) electrons. The van der Waals surface area contributed by atoms with E-state index in [1.807, 2.05) is 11.8 Å². The molecule has 1 atom stereocenters. The topological polar surface area (TPSA) is 9.23 Å². The zero-order chi connectivity index (χ0) is 16.9.